The summed E-state index contributed by atoms with van der Waals surface area (Å²) in [7, 11) is 0. The second-order valence-corrected chi connectivity index (χ2v) is 7.22. The molecule has 0 aliphatic heterocycles. The van der Waals surface area contributed by atoms with Crippen molar-refractivity contribution in [3.63, 3.8) is 0 Å². The standard InChI is InChI=1S/C23H22OS/c1-15-5-7-19(17(3)24)13-22(15)23-14-20(8-6-16(23)2)18-9-11-21(25-4)12-10-18/h5-14H,1-4H3. The molecule has 0 unspecified atom stereocenters. The highest BCUT2D eigenvalue weighted by molar-refractivity contribution is 7.98. The molecule has 0 aliphatic rings. The minimum Gasteiger partial charge on any atom is -0.295 e. The summed E-state index contributed by atoms with van der Waals surface area (Å²) in [4.78, 5) is 13.0. The molecule has 0 spiro atoms. The number of rotatable bonds is 4. The molecule has 0 atom stereocenters. The van der Waals surface area contributed by atoms with Crippen molar-refractivity contribution in [1.82, 2.24) is 0 Å². The topological polar surface area (TPSA) is 17.1 Å². The molecule has 0 N–H and O–H groups in total. The van der Waals surface area contributed by atoms with Gasteiger partial charge in [-0.25, -0.2) is 0 Å². The van der Waals surface area contributed by atoms with Gasteiger partial charge in [0, 0.05) is 10.5 Å². The van der Waals surface area contributed by atoms with Crippen LogP contribution in [0.25, 0.3) is 22.3 Å². The van der Waals surface area contributed by atoms with Gasteiger partial charge in [-0.3, -0.25) is 4.79 Å². The van der Waals surface area contributed by atoms with Crippen molar-refractivity contribution >= 4 is 17.5 Å². The molecule has 0 bridgehead atoms. The first-order valence-electron chi connectivity index (χ1n) is 8.36. The summed E-state index contributed by atoms with van der Waals surface area (Å²) >= 11 is 1.75. The smallest absolute Gasteiger partial charge is 0.159 e. The molecule has 3 rings (SSSR count). The van der Waals surface area contributed by atoms with E-state index in [0.717, 1.165) is 11.1 Å². The van der Waals surface area contributed by atoms with Gasteiger partial charge in [0.05, 0.1) is 0 Å². The molecule has 0 saturated heterocycles. The van der Waals surface area contributed by atoms with Crippen LogP contribution < -0.4 is 0 Å². The van der Waals surface area contributed by atoms with E-state index in [2.05, 4.69) is 62.6 Å². The molecular weight excluding hydrogens is 324 g/mol. The number of hydrogen-bond acceptors (Lipinski definition) is 2. The lowest BCUT2D eigenvalue weighted by molar-refractivity contribution is 0.101. The molecule has 3 aromatic rings. The molecular formula is C23H22OS. The number of hydrogen-bond donors (Lipinski definition) is 0. The molecule has 25 heavy (non-hydrogen) atoms. The second kappa shape index (κ2) is 7.28. The van der Waals surface area contributed by atoms with E-state index in [1.807, 2.05) is 18.2 Å². The van der Waals surface area contributed by atoms with Crippen LogP contribution in [0.1, 0.15) is 28.4 Å². The van der Waals surface area contributed by atoms with Crippen LogP contribution in [-0.2, 0) is 0 Å². The lowest BCUT2D eigenvalue weighted by Crippen LogP contribution is -1.95. The Labute approximate surface area is 154 Å². The molecule has 3 aromatic carbocycles. The van der Waals surface area contributed by atoms with Crippen LogP contribution in [-0.4, -0.2) is 12.0 Å². The molecule has 0 radical (unpaired) electrons. The third kappa shape index (κ3) is 3.69. The zero-order valence-electron chi connectivity index (χ0n) is 15.1. The van der Waals surface area contributed by atoms with Crippen LogP contribution in [0.5, 0.6) is 0 Å². The van der Waals surface area contributed by atoms with Gasteiger partial charge in [0.15, 0.2) is 5.78 Å². The van der Waals surface area contributed by atoms with Gasteiger partial charge in [-0.15, -0.1) is 11.8 Å². The van der Waals surface area contributed by atoms with Gasteiger partial charge >= 0.3 is 0 Å². The van der Waals surface area contributed by atoms with Gasteiger partial charge in [-0.2, -0.15) is 0 Å². The molecule has 0 fully saturated rings. The van der Waals surface area contributed by atoms with Crippen molar-refractivity contribution in [2.45, 2.75) is 25.7 Å². The molecule has 0 saturated carbocycles. The zero-order valence-corrected chi connectivity index (χ0v) is 15.9. The summed E-state index contributed by atoms with van der Waals surface area (Å²) in [6, 6.07) is 21.1. The van der Waals surface area contributed by atoms with Gasteiger partial charge in [-0.05, 0) is 84.7 Å². The number of thioether (sulfide) groups is 1. The Balaban J connectivity index is 2.11. The number of ketones is 1. The van der Waals surface area contributed by atoms with Crippen LogP contribution in [0, 0.1) is 13.8 Å². The normalized spacial score (nSPS) is 10.7. The number of carbonyl (C=O) groups is 1. The second-order valence-electron chi connectivity index (χ2n) is 6.34. The predicted octanol–water partition coefficient (Wildman–Crippen LogP) is 6.56. The third-order valence-electron chi connectivity index (χ3n) is 4.60. The fourth-order valence-electron chi connectivity index (χ4n) is 3.01. The van der Waals surface area contributed by atoms with E-state index < -0.39 is 0 Å². The number of benzene rings is 3. The molecule has 2 heteroatoms. The zero-order chi connectivity index (χ0) is 18.0. The van der Waals surface area contributed by atoms with E-state index in [-0.39, 0.29) is 5.78 Å². The molecule has 126 valence electrons. The first kappa shape index (κ1) is 17.5. The van der Waals surface area contributed by atoms with Gasteiger partial charge in [0.25, 0.3) is 0 Å². The Morgan fingerprint density at radius 3 is 1.92 bits per heavy atom. The number of aryl methyl sites for hydroxylation is 2. The van der Waals surface area contributed by atoms with Crippen LogP contribution in [0.3, 0.4) is 0 Å². The lowest BCUT2D eigenvalue weighted by atomic mass is 9.91. The highest BCUT2D eigenvalue weighted by Gasteiger charge is 2.10. The largest absolute Gasteiger partial charge is 0.295 e. The summed E-state index contributed by atoms with van der Waals surface area (Å²) in [5, 5.41) is 0. The highest BCUT2D eigenvalue weighted by atomic mass is 32.2. The highest BCUT2D eigenvalue weighted by Crippen LogP contribution is 2.32. The molecule has 0 heterocycles. The van der Waals surface area contributed by atoms with Gasteiger partial charge < -0.3 is 0 Å². The summed E-state index contributed by atoms with van der Waals surface area (Å²) in [6.45, 7) is 5.83. The minimum absolute atomic E-state index is 0.0997. The number of carbonyl (C=O) groups excluding carboxylic acids is 1. The van der Waals surface area contributed by atoms with Gasteiger partial charge in [-0.1, -0.05) is 36.4 Å². The fraction of sp³-hybridized carbons (Fsp3) is 0.174. The van der Waals surface area contributed by atoms with Crippen LogP contribution in [0.4, 0.5) is 0 Å². The van der Waals surface area contributed by atoms with Crippen molar-refractivity contribution in [3.05, 3.63) is 77.4 Å². The SMILES string of the molecule is CSc1ccc(-c2ccc(C)c(-c3cc(C(C)=O)ccc3C)c2)cc1. The van der Waals surface area contributed by atoms with Crippen molar-refractivity contribution in [2.24, 2.45) is 0 Å². The maximum Gasteiger partial charge on any atom is 0.159 e. The van der Waals surface area contributed by atoms with Crippen LogP contribution in [0.2, 0.25) is 0 Å². The lowest BCUT2D eigenvalue weighted by Gasteiger charge is -2.13. The summed E-state index contributed by atoms with van der Waals surface area (Å²) in [5.41, 5.74) is 7.88. The Kier molecular flexibility index (Phi) is 5.10. The summed E-state index contributed by atoms with van der Waals surface area (Å²) < 4.78 is 0. The van der Waals surface area contributed by atoms with E-state index in [0.29, 0.717) is 0 Å². The van der Waals surface area contributed by atoms with Crippen molar-refractivity contribution in [1.29, 1.82) is 0 Å². The fourth-order valence-corrected chi connectivity index (χ4v) is 3.41. The maximum absolute atomic E-state index is 11.8. The quantitative estimate of drug-likeness (QED) is 0.393. The van der Waals surface area contributed by atoms with E-state index in [9.17, 15) is 4.79 Å². The first-order chi connectivity index (χ1) is 12.0. The third-order valence-corrected chi connectivity index (χ3v) is 5.34. The van der Waals surface area contributed by atoms with Crippen molar-refractivity contribution < 1.29 is 4.79 Å². The van der Waals surface area contributed by atoms with Crippen LogP contribution in [0.15, 0.2) is 65.6 Å². The minimum atomic E-state index is 0.0997. The summed E-state index contributed by atoms with van der Waals surface area (Å²) in [5.74, 6) is 0.0997. The molecule has 0 aliphatic carbocycles. The maximum atomic E-state index is 11.8. The Morgan fingerprint density at radius 2 is 1.32 bits per heavy atom. The Bertz CT molecular complexity index is 923. The predicted molar refractivity (Wildman–Crippen MR) is 109 cm³/mol. The number of Topliss-reactive ketones (excluding diaryl/α,β-unsaturated/α-hetero) is 1. The first-order valence-corrected chi connectivity index (χ1v) is 9.59. The molecule has 0 amide bonds. The van der Waals surface area contributed by atoms with E-state index in [4.69, 9.17) is 0 Å². The van der Waals surface area contributed by atoms with Gasteiger partial charge in [0.1, 0.15) is 0 Å². The molecule has 1 nitrogen and oxygen atoms in total. The monoisotopic (exact) mass is 346 g/mol. The van der Waals surface area contributed by atoms with Crippen molar-refractivity contribution in [3.8, 4) is 22.3 Å². The Hall–Kier alpha value is -2.32. The van der Waals surface area contributed by atoms with E-state index >= 15 is 0 Å². The molecule has 0 aromatic heterocycles. The van der Waals surface area contributed by atoms with Crippen LogP contribution >= 0.6 is 11.8 Å². The summed E-state index contributed by atoms with van der Waals surface area (Å²) in [6.07, 6.45) is 2.09. The average molecular weight is 346 g/mol. The van der Waals surface area contributed by atoms with Gasteiger partial charge in [0.2, 0.25) is 0 Å². The average Bonchev–Trinajstić information content (AvgIpc) is 2.63. The van der Waals surface area contributed by atoms with Crippen molar-refractivity contribution in [2.75, 3.05) is 6.26 Å². The Morgan fingerprint density at radius 1 is 0.760 bits per heavy atom. The van der Waals surface area contributed by atoms with E-state index in [1.54, 1.807) is 18.7 Å². The van der Waals surface area contributed by atoms with E-state index in [1.165, 1.54) is 32.7 Å².